The maximum absolute atomic E-state index is 12.6. The van der Waals surface area contributed by atoms with Gasteiger partial charge in [0.2, 0.25) is 0 Å². The van der Waals surface area contributed by atoms with Crippen molar-refractivity contribution < 1.29 is 29.3 Å². The summed E-state index contributed by atoms with van der Waals surface area (Å²) in [4.78, 5) is 24.7. The number of phenolic OH excluding ortho intramolecular Hbond substituents is 2. The predicted octanol–water partition coefficient (Wildman–Crippen LogP) is 16.1. The third-order valence-corrected chi connectivity index (χ3v) is 14.7. The fraction of sp³-hybridized carbons (Fsp3) is 0.516. The summed E-state index contributed by atoms with van der Waals surface area (Å²) in [5.74, 6) is 0.858. The number of carbonyl (C=O) groups is 2. The quantitative estimate of drug-likeness (QED) is 0.0660. The highest BCUT2D eigenvalue weighted by Gasteiger charge is 2.33. The summed E-state index contributed by atoms with van der Waals surface area (Å²) >= 11 is 0. The Hall–Kier alpha value is -5.10. The van der Waals surface area contributed by atoms with Crippen molar-refractivity contribution >= 4 is 11.9 Å². The minimum atomic E-state index is -0.482. The molecule has 0 fully saturated rings. The zero-order valence-electron chi connectivity index (χ0n) is 46.0. The van der Waals surface area contributed by atoms with Gasteiger partial charge in [0.1, 0.15) is 23.0 Å². The standard InChI is InChI=1S/C36H54O3.C26H34O3/c1-14-30(37)39-32-25(21-27(34(8,9)16-3)23-29(32)36(12,13)18-5)19-24-20-26(33(6,7)15-2)22-28(31(24)38)35(10,11)17-4;1-10-22(27)29-24-19(12-17(3)14-21(24)26(7,8)9)15-18-11-16(2)13-20(23(18)28)25(4,5)6/h14,20-23,38H,1,15-19H2,2-13H3;10-14,28H,1,15H2,2-9H3. The molecule has 68 heavy (non-hydrogen) atoms. The number of rotatable bonds is 16. The second-order valence-corrected chi connectivity index (χ2v) is 23.7. The summed E-state index contributed by atoms with van der Waals surface area (Å²) in [5.41, 5.74) is 11.1. The molecule has 372 valence electrons. The fourth-order valence-corrected chi connectivity index (χ4v) is 8.27. The van der Waals surface area contributed by atoms with E-state index in [1.165, 1.54) is 23.3 Å². The van der Waals surface area contributed by atoms with E-state index in [4.69, 9.17) is 9.47 Å². The number of ether oxygens (including phenoxy) is 2. The van der Waals surface area contributed by atoms with Gasteiger partial charge in [-0.2, -0.15) is 0 Å². The van der Waals surface area contributed by atoms with E-state index in [9.17, 15) is 19.8 Å². The van der Waals surface area contributed by atoms with Gasteiger partial charge in [-0.1, -0.05) is 197 Å². The minimum absolute atomic E-state index is 0.0411. The summed E-state index contributed by atoms with van der Waals surface area (Å²) in [7, 11) is 0. The largest absolute Gasteiger partial charge is 0.507 e. The van der Waals surface area contributed by atoms with Crippen molar-refractivity contribution in [1.82, 2.24) is 0 Å². The molecule has 0 atom stereocenters. The SMILES string of the molecule is C=CC(=O)Oc1c(Cc2cc(C(C)(C)CC)cc(C(C)(C)CC)c2O)cc(C(C)(C)CC)cc1C(C)(C)CC.C=CC(=O)Oc1c(Cc2cc(C)cc(C(C)(C)C)c2O)cc(C)cc1C(C)(C)C. The topological polar surface area (TPSA) is 93.1 Å². The molecule has 0 spiro atoms. The third-order valence-electron chi connectivity index (χ3n) is 14.7. The predicted molar refractivity (Wildman–Crippen MR) is 287 cm³/mol. The molecule has 0 saturated carbocycles. The molecule has 6 nitrogen and oxygen atoms in total. The summed E-state index contributed by atoms with van der Waals surface area (Å²) in [6.07, 6.45) is 7.10. The van der Waals surface area contributed by atoms with Gasteiger partial charge in [0.05, 0.1) is 0 Å². The van der Waals surface area contributed by atoms with E-state index >= 15 is 0 Å². The van der Waals surface area contributed by atoms with Crippen LogP contribution in [-0.4, -0.2) is 22.2 Å². The van der Waals surface area contributed by atoms with E-state index in [-0.39, 0.29) is 32.5 Å². The summed E-state index contributed by atoms with van der Waals surface area (Å²) in [5, 5.41) is 22.7. The molecule has 2 N–H and O–H groups in total. The summed E-state index contributed by atoms with van der Waals surface area (Å²) in [6, 6.07) is 16.9. The van der Waals surface area contributed by atoms with E-state index in [0.29, 0.717) is 35.8 Å². The van der Waals surface area contributed by atoms with Gasteiger partial charge in [-0.3, -0.25) is 0 Å². The Morgan fingerprint density at radius 3 is 1.19 bits per heavy atom. The number of phenols is 2. The molecule has 0 saturated heterocycles. The number of hydrogen-bond acceptors (Lipinski definition) is 6. The van der Waals surface area contributed by atoms with Crippen molar-refractivity contribution in [1.29, 1.82) is 0 Å². The van der Waals surface area contributed by atoms with Crippen LogP contribution in [0.2, 0.25) is 0 Å². The molecular formula is C62H88O6. The first-order valence-electron chi connectivity index (χ1n) is 24.8. The number of benzene rings is 4. The molecule has 0 heterocycles. The van der Waals surface area contributed by atoms with Gasteiger partial charge in [0.25, 0.3) is 0 Å². The molecule has 4 aromatic carbocycles. The van der Waals surface area contributed by atoms with Crippen LogP contribution >= 0.6 is 0 Å². The summed E-state index contributed by atoms with van der Waals surface area (Å²) in [6.45, 7) is 50.4. The van der Waals surface area contributed by atoms with Gasteiger partial charge in [-0.25, -0.2) is 9.59 Å². The lowest BCUT2D eigenvalue weighted by molar-refractivity contribution is -0.130. The van der Waals surface area contributed by atoms with Crippen LogP contribution in [0, 0.1) is 13.8 Å². The molecule has 0 radical (unpaired) electrons. The second kappa shape index (κ2) is 21.7. The van der Waals surface area contributed by atoms with Gasteiger partial charge in [0, 0.05) is 47.2 Å². The van der Waals surface area contributed by atoms with Crippen LogP contribution in [0.1, 0.15) is 217 Å². The fourth-order valence-electron chi connectivity index (χ4n) is 8.27. The Morgan fingerprint density at radius 1 is 0.456 bits per heavy atom. The molecule has 4 rings (SSSR count). The van der Waals surface area contributed by atoms with Crippen LogP contribution in [0.5, 0.6) is 23.0 Å². The van der Waals surface area contributed by atoms with Crippen molar-refractivity contribution in [3.05, 3.63) is 141 Å². The van der Waals surface area contributed by atoms with Gasteiger partial charge in [0.15, 0.2) is 0 Å². The molecule has 0 aliphatic rings. The van der Waals surface area contributed by atoms with Gasteiger partial charge in [-0.15, -0.1) is 0 Å². The monoisotopic (exact) mass is 929 g/mol. The molecule has 4 aromatic rings. The van der Waals surface area contributed by atoms with Crippen molar-refractivity contribution in [2.45, 2.75) is 209 Å². The van der Waals surface area contributed by atoms with Crippen molar-refractivity contribution in [2.24, 2.45) is 0 Å². The molecule has 0 amide bonds. The molecule has 0 unspecified atom stereocenters. The first kappa shape index (κ1) is 57.2. The maximum Gasteiger partial charge on any atom is 0.335 e. The van der Waals surface area contributed by atoms with E-state index in [2.05, 4.69) is 168 Å². The number of aromatic hydroxyl groups is 2. The first-order valence-corrected chi connectivity index (χ1v) is 24.8. The van der Waals surface area contributed by atoms with Crippen molar-refractivity contribution in [2.75, 3.05) is 0 Å². The van der Waals surface area contributed by atoms with Crippen LogP contribution in [0.3, 0.4) is 0 Å². The van der Waals surface area contributed by atoms with Crippen LogP contribution in [0.15, 0.2) is 73.8 Å². The Morgan fingerprint density at radius 2 is 0.779 bits per heavy atom. The second-order valence-electron chi connectivity index (χ2n) is 23.7. The Labute approximate surface area is 412 Å². The Kier molecular flexibility index (Phi) is 18.2. The number of carbonyl (C=O) groups excluding carboxylic acids is 2. The highest BCUT2D eigenvalue weighted by Crippen LogP contribution is 2.46. The zero-order chi connectivity index (χ0) is 52.1. The smallest absolute Gasteiger partial charge is 0.335 e. The lowest BCUT2D eigenvalue weighted by atomic mass is 9.73. The maximum atomic E-state index is 12.6. The van der Waals surface area contributed by atoms with Crippen LogP contribution < -0.4 is 9.47 Å². The lowest BCUT2D eigenvalue weighted by Gasteiger charge is -2.33. The number of esters is 2. The molecular weight excluding hydrogens is 841 g/mol. The molecule has 6 heteroatoms. The average Bonchev–Trinajstić information content (AvgIpc) is 3.25. The van der Waals surface area contributed by atoms with Crippen molar-refractivity contribution in [3.8, 4) is 23.0 Å². The minimum Gasteiger partial charge on any atom is -0.507 e. The molecule has 0 bridgehead atoms. The Bertz CT molecular complexity index is 2480. The van der Waals surface area contributed by atoms with E-state index < -0.39 is 11.9 Å². The van der Waals surface area contributed by atoms with E-state index in [1.807, 2.05) is 32.0 Å². The Balaban J connectivity index is 0.000000376. The van der Waals surface area contributed by atoms with Crippen molar-refractivity contribution in [3.63, 3.8) is 0 Å². The number of aryl methyl sites for hydroxylation is 2. The van der Waals surface area contributed by atoms with E-state index in [1.54, 1.807) is 0 Å². The van der Waals surface area contributed by atoms with Crippen LogP contribution in [-0.2, 0) is 54.9 Å². The lowest BCUT2D eigenvalue weighted by Crippen LogP contribution is -2.23. The first-order chi connectivity index (χ1) is 31.1. The normalized spacial score (nSPS) is 12.5. The molecule has 0 aliphatic carbocycles. The average molecular weight is 929 g/mol. The summed E-state index contributed by atoms with van der Waals surface area (Å²) < 4.78 is 11.7. The molecule has 0 aromatic heterocycles. The van der Waals surface area contributed by atoms with Gasteiger partial charge >= 0.3 is 11.9 Å². The van der Waals surface area contributed by atoms with Crippen LogP contribution in [0.25, 0.3) is 0 Å². The highest BCUT2D eigenvalue weighted by atomic mass is 16.5. The van der Waals surface area contributed by atoms with Crippen LogP contribution in [0.4, 0.5) is 0 Å². The highest BCUT2D eigenvalue weighted by molar-refractivity contribution is 5.84. The third kappa shape index (κ3) is 13.6. The zero-order valence-corrected chi connectivity index (χ0v) is 46.0. The van der Waals surface area contributed by atoms with Gasteiger partial charge < -0.3 is 19.7 Å². The number of hydrogen-bond donors (Lipinski definition) is 2. The van der Waals surface area contributed by atoms with Gasteiger partial charge in [-0.05, 0) is 105 Å². The van der Waals surface area contributed by atoms with E-state index in [0.717, 1.165) is 81.3 Å². The molecule has 0 aliphatic heterocycles.